The van der Waals surface area contributed by atoms with E-state index in [4.69, 9.17) is 11.0 Å². The summed E-state index contributed by atoms with van der Waals surface area (Å²) < 4.78 is 0. The SMILES string of the molecule is Cc1ccc(SCC(=O)Nc2sccc2C#N)c(N)c1. The Bertz CT molecular complexity index is 673. The quantitative estimate of drug-likeness (QED) is 0.671. The van der Waals surface area contributed by atoms with Gasteiger partial charge in [-0.15, -0.1) is 23.1 Å². The number of nitrogen functional groups attached to an aromatic ring is 1. The average molecular weight is 303 g/mol. The third-order valence-electron chi connectivity index (χ3n) is 2.56. The first-order valence-corrected chi connectivity index (χ1v) is 7.73. The van der Waals surface area contributed by atoms with Crippen molar-refractivity contribution < 1.29 is 4.79 Å². The van der Waals surface area contributed by atoms with Crippen molar-refractivity contribution in [2.45, 2.75) is 11.8 Å². The first-order chi connectivity index (χ1) is 9.60. The Morgan fingerprint density at radius 1 is 1.50 bits per heavy atom. The minimum atomic E-state index is -0.145. The van der Waals surface area contributed by atoms with Gasteiger partial charge in [-0.05, 0) is 36.1 Å². The van der Waals surface area contributed by atoms with Crippen molar-refractivity contribution in [2.75, 3.05) is 16.8 Å². The molecule has 4 nitrogen and oxygen atoms in total. The van der Waals surface area contributed by atoms with Crippen LogP contribution in [0.2, 0.25) is 0 Å². The van der Waals surface area contributed by atoms with E-state index in [1.54, 1.807) is 11.4 Å². The highest BCUT2D eigenvalue weighted by Crippen LogP contribution is 2.27. The molecule has 0 saturated carbocycles. The molecular weight excluding hydrogens is 290 g/mol. The van der Waals surface area contributed by atoms with Gasteiger partial charge in [-0.3, -0.25) is 4.79 Å². The van der Waals surface area contributed by atoms with E-state index in [1.807, 2.05) is 31.2 Å². The third-order valence-corrected chi connectivity index (χ3v) is 4.48. The number of thiophene rings is 1. The first-order valence-electron chi connectivity index (χ1n) is 5.86. The Kier molecular flexibility index (Phi) is 4.66. The zero-order valence-electron chi connectivity index (χ0n) is 10.8. The second-order valence-corrected chi connectivity index (χ2v) is 6.09. The molecule has 0 aliphatic rings. The fourth-order valence-electron chi connectivity index (χ4n) is 1.60. The predicted octanol–water partition coefficient (Wildman–Crippen LogP) is 3.24. The lowest BCUT2D eigenvalue weighted by Crippen LogP contribution is -2.13. The maximum Gasteiger partial charge on any atom is 0.235 e. The Hall–Kier alpha value is -1.97. The van der Waals surface area contributed by atoms with Gasteiger partial charge < -0.3 is 11.1 Å². The van der Waals surface area contributed by atoms with E-state index >= 15 is 0 Å². The molecule has 0 bridgehead atoms. The lowest BCUT2D eigenvalue weighted by molar-refractivity contribution is -0.113. The van der Waals surface area contributed by atoms with Crippen molar-refractivity contribution in [2.24, 2.45) is 0 Å². The monoisotopic (exact) mass is 303 g/mol. The van der Waals surface area contributed by atoms with Crippen LogP contribution in [0.3, 0.4) is 0 Å². The number of benzene rings is 1. The molecule has 102 valence electrons. The summed E-state index contributed by atoms with van der Waals surface area (Å²) in [7, 11) is 0. The van der Waals surface area contributed by atoms with E-state index in [-0.39, 0.29) is 11.7 Å². The van der Waals surface area contributed by atoms with Gasteiger partial charge >= 0.3 is 0 Å². The molecule has 0 spiro atoms. The number of anilines is 2. The highest BCUT2D eigenvalue weighted by molar-refractivity contribution is 8.00. The number of carbonyl (C=O) groups excluding carboxylic acids is 1. The topological polar surface area (TPSA) is 78.9 Å². The van der Waals surface area contributed by atoms with Crippen LogP contribution in [0.15, 0.2) is 34.5 Å². The van der Waals surface area contributed by atoms with E-state index in [2.05, 4.69) is 5.32 Å². The van der Waals surface area contributed by atoms with Gasteiger partial charge in [-0.2, -0.15) is 5.26 Å². The number of nitrogens with two attached hydrogens (primary N) is 1. The number of hydrogen-bond acceptors (Lipinski definition) is 5. The number of amides is 1. The lowest BCUT2D eigenvalue weighted by atomic mass is 10.2. The molecule has 20 heavy (non-hydrogen) atoms. The summed E-state index contributed by atoms with van der Waals surface area (Å²) >= 11 is 2.72. The molecule has 0 radical (unpaired) electrons. The molecule has 0 unspecified atom stereocenters. The van der Waals surface area contributed by atoms with Crippen LogP contribution in [-0.4, -0.2) is 11.7 Å². The number of carbonyl (C=O) groups is 1. The normalized spacial score (nSPS) is 10.0. The summed E-state index contributed by atoms with van der Waals surface area (Å²) in [4.78, 5) is 12.7. The molecule has 1 heterocycles. The van der Waals surface area contributed by atoms with Gasteiger partial charge in [-0.25, -0.2) is 0 Å². The van der Waals surface area contributed by atoms with Crippen LogP contribution in [0.1, 0.15) is 11.1 Å². The van der Waals surface area contributed by atoms with Crippen LogP contribution in [-0.2, 0) is 4.79 Å². The largest absolute Gasteiger partial charge is 0.398 e. The van der Waals surface area contributed by atoms with E-state index in [1.165, 1.54) is 23.1 Å². The summed E-state index contributed by atoms with van der Waals surface area (Å²) in [5, 5.41) is 14.0. The average Bonchev–Trinajstić information content (AvgIpc) is 2.85. The molecule has 6 heteroatoms. The zero-order chi connectivity index (χ0) is 14.5. The highest BCUT2D eigenvalue weighted by Gasteiger charge is 2.09. The van der Waals surface area contributed by atoms with Crippen molar-refractivity contribution in [1.29, 1.82) is 5.26 Å². The minimum Gasteiger partial charge on any atom is -0.398 e. The van der Waals surface area contributed by atoms with Crippen LogP contribution >= 0.6 is 23.1 Å². The Labute approximate surface area is 125 Å². The number of thioether (sulfide) groups is 1. The van der Waals surface area contributed by atoms with E-state index in [9.17, 15) is 4.79 Å². The lowest BCUT2D eigenvalue weighted by Gasteiger charge is -2.06. The van der Waals surface area contributed by atoms with Crippen molar-refractivity contribution in [1.82, 2.24) is 0 Å². The van der Waals surface area contributed by atoms with Gasteiger partial charge in [0.2, 0.25) is 5.91 Å². The minimum absolute atomic E-state index is 0.145. The Balaban J connectivity index is 1.94. The second kappa shape index (κ2) is 6.46. The van der Waals surface area contributed by atoms with Crippen LogP contribution in [0.25, 0.3) is 0 Å². The third kappa shape index (κ3) is 3.53. The Morgan fingerprint density at radius 3 is 3.00 bits per heavy atom. The first kappa shape index (κ1) is 14.4. The molecule has 2 aromatic rings. The van der Waals surface area contributed by atoms with Crippen molar-refractivity contribution in [3.8, 4) is 6.07 Å². The number of nitrogens with zero attached hydrogens (tertiary/aromatic N) is 1. The van der Waals surface area contributed by atoms with E-state index < -0.39 is 0 Å². The fourth-order valence-corrected chi connectivity index (χ4v) is 3.10. The molecule has 0 fully saturated rings. The molecule has 0 saturated heterocycles. The van der Waals surface area contributed by atoms with Gasteiger partial charge in [0, 0.05) is 10.6 Å². The molecule has 0 aliphatic carbocycles. The van der Waals surface area contributed by atoms with E-state index in [0.29, 0.717) is 16.3 Å². The summed E-state index contributed by atoms with van der Waals surface area (Å²) in [5.74, 6) is 0.115. The fraction of sp³-hybridized carbons (Fsp3) is 0.143. The van der Waals surface area contributed by atoms with Gasteiger partial charge in [0.25, 0.3) is 0 Å². The van der Waals surface area contributed by atoms with Gasteiger partial charge in [0.15, 0.2) is 0 Å². The van der Waals surface area contributed by atoms with Crippen LogP contribution in [0.5, 0.6) is 0 Å². The predicted molar refractivity (Wildman–Crippen MR) is 84.0 cm³/mol. The van der Waals surface area contributed by atoms with Crippen molar-refractivity contribution in [3.05, 3.63) is 40.8 Å². The maximum absolute atomic E-state index is 11.9. The maximum atomic E-state index is 11.9. The molecule has 2 rings (SSSR count). The van der Waals surface area contributed by atoms with E-state index in [0.717, 1.165) is 10.5 Å². The summed E-state index contributed by atoms with van der Waals surface area (Å²) in [6.07, 6.45) is 0. The number of rotatable bonds is 4. The van der Waals surface area contributed by atoms with Crippen LogP contribution < -0.4 is 11.1 Å². The summed E-state index contributed by atoms with van der Waals surface area (Å²) in [6, 6.07) is 9.48. The molecule has 1 aromatic carbocycles. The van der Waals surface area contributed by atoms with Crippen LogP contribution in [0, 0.1) is 18.3 Å². The van der Waals surface area contributed by atoms with Crippen molar-refractivity contribution in [3.63, 3.8) is 0 Å². The highest BCUT2D eigenvalue weighted by atomic mass is 32.2. The molecular formula is C14H13N3OS2. The molecule has 1 aromatic heterocycles. The van der Waals surface area contributed by atoms with Gasteiger partial charge in [0.1, 0.15) is 11.1 Å². The van der Waals surface area contributed by atoms with Crippen molar-refractivity contribution >= 4 is 39.7 Å². The Morgan fingerprint density at radius 2 is 2.30 bits per heavy atom. The molecule has 0 atom stereocenters. The molecule has 1 amide bonds. The van der Waals surface area contributed by atoms with Gasteiger partial charge in [0.05, 0.1) is 11.3 Å². The number of hydrogen-bond donors (Lipinski definition) is 2. The standard InChI is InChI=1S/C14H13N3OS2/c1-9-2-3-12(11(16)6-9)20-8-13(18)17-14-10(7-15)4-5-19-14/h2-6H,8,16H2,1H3,(H,17,18). The second-order valence-electron chi connectivity index (χ2n) is 4.15. The number of nitrogens with one attached hydrogen (secondary N) is 1. The number of nitriles is 1. The number of aryl methyl sites for hydroxylation is 1. The smallest absolute Gasteiger partial charge is 0.235 e. The van der Waals surface area contributed by atoms with Gasteiger partial charge in [-0.1, -0.05) is 6.07 Å². The molecule has 3 N–H and O–H groups in total. The zero-order valence-corrected chi connectivity index (χ0v) is 12.5. The summed E-state index contributed by atoms with van der Waals surface area (Å²) in [6.45, 7) is 1.97. The molecule has 0 aliphatic heterocycles. The van der Waals surface area contributed by atoms with Crippen LogP contribution in [0.4, 0.5) is 10.7 Å². The summed E-state index contributed by atoms with van der Waals surface area (Å²) in [5.41, 5.74) is 8.15.